The molecule has 0 aliphatic carbocycles. The Bertz CT molecular complexity index is 228. The van der Waals surface area contributed by atoms with Crippen molar-refractivity contribution in [3.05, 3.63) is 0 Å². The van der Waals surface area contributed by atoms with Crippen LogP contribution in [0.3, 0.4) is 0 Å². The van der Waals surface area contributed by atoms with Gasteiger partial charge >= 0.3 is 0 Å². The molecule has 4 N–H and O–H groups in total. The van der Waals surface area contributed by atoms with Gasteiger partial charge in [0.2, 0.25) is 11.8 Å². The Kier molecular flexibility index (Phi) is 2.13. The SMILES string of the molecule is N=C1NC(=O)C(CC(N)=O)S1. The zero-order valence-electron chi connectivity index (χ0n) is 5.59. The summed E-state index contributed by atoms with van der Waals surface area (Å²) in [4.78, 5) is 21.2. The third-order valence-corrected chi connectivity index (χ3v) is 2.18. The number of hydrogen-bond acceptors (Lipinski definition) is 4. The molecule has 11 heavy (non-hydrogen) atoms. The van der Waals surface area contributed by atoms with Gasteiger partial charge in [0.15, 0.2) is 5.17 Å². The second-order valence-electron chi connectivity index (χ2n) is 2.10. The van der Waals surface area contributed by atoms with Crippen LogP contribution in [0.5, 0.6) is 0 Å². The molecule has 0 spiro atoms. The molecule has 1 heterocycles. The predicted molar refractivity (Wildman–Crippen MR) is 41.1 cm³/mol. The van der Waals surface area contributed by atoms with Crippen LogP contribution in [-0.2, 0) is 9.59 Å². The Labute approximate surface area is 67.2 Å². The van der Waals surface area contributed by atoms with E-state index >= 15 is 0 Å². The lowest BCUT2D eigenvalue weighted by Gasteiger charge is -1.98. The summed E-state index contributed by atoms with van der Waals surface area (Å²) in [6.07, 6.45) is -0.00111. The molecular formula is C5H7N3O2S. The highest BCUT2D eigenvalue weighted by Gasteiger charge is 2.30. The molecular weight excluding hydrogens is 166 g/mol. The molecule has 1 rings (SSSR count). The van der Waals surface area contributed by atoms with Crippen LogP contribution >= 0.6 is 11.8 Å². The Morgan fingerprint density at radius 2 is 2.45 bits per heavy atom. The van der Waals surface area contributed by atoms with Crippen molar-refractivity contribution < 1.29 is 9.59 Å². The van der Waals surface area contributed by atoms with Gasteiger partial charge in [0.05, 0.1) is 0 Å². The van der Waals surface area contributed by atoms with Gasteiger partial charge in [0.1, 0.15) is 5.25 Å². The zero-order valence-corrected chi connectivity index (χ0v) is 6.40. The van der Waals surface area contributed by atoms with Crippen LogP contribution in [-0.4, -0.2) is 22.2 Å². The quantitative estimate of drug-likeness (QED) is 0.501. The highest BCUT2D eigenvalue weighted by molar-refractivity contribution is 8.15. The van der Waals surface area contributed by atoms with Crippen LogP contribution in [0.2, 0.25) is 0 Å². The number of carbonyl (C=O) groups is 2. The number of nitrogens with two attached hydrogens (primary N) is 1. The fraction of sp³-hybridized carbons (Fsp3) is 0.400. The normalized spacial score (nSPS) is 23.5. The lowest BCUT2D eigenvalue weighted by Crippen LogP contribution is -2.27. The minimum absolute atomic E-state index is 0.00111. The van der Waals surface area contributed by atoms with E-state index in [0.717, 1.165) is 11.8 Å². The van der Waals surface area contributed by atoms with Crippen LogP contribution in [0.4, 0.5) is 0 Å². The molecule has 0 aromatic carbocycles. The van der Waals surface area contributed by atoms with Crippen molar-refractivity contribution in [3.63, 3.8) is 0 Å². The van der Waals surface area contributed by atoms with E-state index in [1.54, 1.807) is 0 Å². The minimum atomic E-state index is -0.521. The first-order chi connectivity index (χ1) is 5.09. The average Bonchev–Trinajstić information content (AvgIpc) is 2.09. The number of nitrogens with one attached hydrogen (secondary N) is 2. The molecule has 1 atom stereocenters. The predicted octanol–water partition coefficient (Wildman–Crippen LogP) is -0.972. The number of primary amides is 1. The molecule has 2 amide bonds. The standard InChI is InChI=1S/C5H7N3O2S/c6-3(9)1-2-4(10)8-5(7)11-2/h2H,1H2,(H2,6,9)(H2,7,8,10). The van der Waals surface area contributed by atoms with Gasteiger partial charge in [0, 0.05) is 6.42 Å². The van der Waals surface area contributed by atoms with Crippen molar-refractivity contribution in [3.8, 4) is 0 Å². The largest absolute Gasteiger partial charge is 0.370 e. The topological polar surface area (TPSA) is 96.0 Å². The Morgan fingerprint density at radius 1 is 1.82 bits per heavy atom. The van der Waals surface area contributed by atoms with Crippen molar-refractivity contribution in [2.24, 2.45) is 5.73 Å². The summed E-state index contributed by atoms with van der Waals surface area (Å²) >= 11 is 1.02. The molecule has 1 unspecified atom stereocenters. The van der Waals surface area contributed by atoms with Crippen molar-refractivity contribution in [1.82, 2.24) is 5.32 Å². The first-order valence-electron chi connectivity index (χ1n) is 2.94. The minimum Gasteiger partial charge on any atom is -0.370 e. The molecule has 1 aliphatic heterocycles. The van der Waals surface area contributed by atoms with Crippen molar-refractivity contribution in [2.75, 3.05) is 0 Å². The summed E-state index contributed by atoms with van der Waals surface area (Å²) < 4.78 is 0. The van der Waals surface area contributed by atoms with Crippen LogP contribution in [0, 0.1) is 5.41 Å². The average molecular weight is 173 g/mol. The molecule has 0 radical (unpaired) electrons. The molecule has 0 aromatic heterocycles. The molecule has 5 nitrogen and oxygen atoms in total. The van der Waals surface area contributed by atoms with E-state index < -0.39 is 11.2 Å². The van der Waals surface area contributed by atoms with Crippen LogP contribution in [0.25, 0.3) is 0 Å². The maximum atomic E-state index is 10.8. The second-order valence-corrected chi connectivity index (χ2v) is 3.31. The summed E-state index contributed by atoms with van der Waals surface area (Å²) in [6, 6.07) is 0. The fourth-order valence-electron chi connectivity index (χ4n) is 0.735. The third-order valence-electron chi connectivity index (χ3n) is 1.18. The number of thioether (sulfide) groups is 1. The number of carbonyl (C=O) groups excluding carboxylic acids is 2. The van der Waals surface area contributed by atoms with E-state index in [2.05, 4.69) is 5.32 Å². The lowest BCUT2D eigenvalue weighted by molar-refractivity contribution is -0.123. The third kappa shape index (κ3) is 1.94. The molecule has 1 fully saturated rings. The lowest BCUT2D eigenvalue weighted by atomic mass is 10.3. The van der Waals surface area contributed by atoms with E-state index in [1.165, 1.54) is 0 Å². The highest BCUT2D eigenvalue weighted by atomic mass is 32.2. The molecule has 60 valence electrons. The molecule has 6 heteroatoms. The smallest absolute Gasteiger partial charge is 0.240 e. The molecule has 1 saturated heterocycles. The first kappa shape index (κ1) is 8.06. The van der Waals surface area contributed by atoms with E-state index in [0.29, 0.717) is 0 Å². The van der Waals surface area contributed by atoms with Gasteiger partial charge in [0.25, 0.3) is 0 Å². The van der Waals surface area contributed by atoms with E-state index in [1.807, 2.05) is 0 Å². The monoisotopic (exact) mass is 173 g/mol. The first-order valence-corrected chi connectivity index (χ1v) is 3.82. The maximum Gasteiger partial charge on any atom is 0.240 e. The van der Waals surface area contributed by atoms with E-state index in [9.17, 15) is 9.59 Å². The summed E-state index contributed by atoms with van der Waals surface area (Å²) in [7, 11) is 0. The van der Waals surface area contributed by atoms with Crippen molar-refractivity contribution >= 4 is 28.7 Å². The van der Waals surface area contributed by atoms with E-state index in [4.69, 9.17) is 11.1 Å². The van der Waals surface area contributed by atoms with Crippen LogP contribution in [0.15, 0.2) is 0 Å². The molecule has 1 aliphatic rings. The number of rotatable bonds is 2. The van der Waals surface area contributed by atoms with Gasteiger partial charge in [-0.25, -0.2) is 0 Å². The van der Waals surface area contributed by atoms with Gasteiger partial charge < -0.3 is 11.1 Å². The van der Waals surface area contributed by atoms with Gasteiger partial charge in [-0.2, -0.15) is 0 Å². The molecule has 0 saturated carbocycles. The van der Waals surface area contributed by atoms with Crippen molar-refractivity contribution in [2.45, 2.75) is 11.7 Å². The second kappa shape index (κ2) is 2.91. The number of hydrogen-bond donors (Lipinski definition) is 3. The van der Waals surface area contributed by atoms with Gasteiger partial charge in [-0.05, 0) is 0 Å². The van der Waals surface area contributed by atoms with Gasteiger partial charge in [-0.1, -0.05) is 11.8 Å². The highest BCUT2D eigenvalue weighted by Crippen LogP contribution is 2.20. The maximum absolute atomic E-state index is 10.8. The van der Waals surface area contributed by atoms with Crippen LogP contribution < -0.4 is 11.1 Å². The van der Waals surface area contributed by atoms with Crippen molar-refractivity contribution in [1.29, 1.82) is 5.41 Å². The Morgan fingerprint density at radius 3 is 2.82 bits per heavy atom. The zero-order chi connectivity index (χ0) is 8.43. The van der Waals surface area contributed by atoms with E-state index in [-0.39, 0.29) is 17.5 Å². The van der Waals surface area contributed by atoms with Crippen LogP contribution in [0.1, 0.15) is 6.42 Å². The summed E-state index contributed by atoms with van der Waals surface area (Å²) in [5.74, 6) is -0.828. The Hall–Kier alpha value is -1.04. The van der Waals surface area contributed by atoms with Gasteiger partial charge in [-0.3, -0.25) is 15.0 Å². The number of amides is 2. The summed E-state index contributed by atoms with van der Waals surface area (Å²) in [6.45, 7) is 0. The fourth-order valence-corrected chi connectivity index (χ4v) is 1.59. The Balaban J connectivity index is 2.53. The number of amidine groups is 1. The summed E-state index contributed by atoms with van der Waals surface area (Å²) in [5, 5.41) is 8.89. The molecule has 0 bridgehead atoms. The molecule has 0 aromatic rings. The van der Waals surface area contributed by atoms with Gasteiger partial charge in [-0.15, -0.1) is 0 Å². The summed E-state index contributed by atoms with van der Waals surface area (Å²) in [5.41, 5.74) is 4.88.